The molecule has 2 aromatic rings. The van der Waals surface area contributed by atoms with E-state index in [1.165, 1.54) is 0 Å². The van der Waals surface area contributed by atoms with Gasteiger partial charge in [0, 0.05) is 29.2 Å². The van der Waals surface area contributed by atoms with Gasteiger partial charge in [0.15, 0.2) is 6.29 Å². The van der Waals surface area contributed by atoms with Crippen LogP contribution in [0, 0.1) is 0 Å². The lowest BCUT2D eigenvalue weighted by molar-refractivity contribution is -0.120. The van der Waals surface area contributed by atoms with Crippen LogP contribution in [0.1, 0.15) is 16.1 Å². The molecule has 0 radical (unpaired) electrons. The standard InChI is InChI=1S/C12H12N2O2/c1-13-12(16)6-11-9(7-15)8-4-2-3-5-10(8)14-11/h2-5,7,14H,6H2,1H3,(H,13,16). The molecule has 16 heavy (non-hydrogen) atoms. The van der Waals surface area contributed by atoms with E-state index < -0.39 is 0 Å². The number of benzene rings is 1. The van der Waals surface area contributed by atoms with Crippen molar-refractivity contribution in [2.24, 2.45) is 0 Å². The molecule has 0 saturated carbocycles. The zero-order chi connectivity index (χ0) is 11.5. The lowest BCUT2D eigenvalue weighted by Crippen LogP contribution is -2.20. The van der Waals surface area contributed by atoms with Crippen LogP contribution in [0.5, 0.6) is 0 Å². The fourth-order valence-electron chi connectivity index (χ4n) is 1.74. The predicted octanol–water partition coefficient (Wildman–Crippen LogP) is 1.27. The number of rotatable bonds is 3. The summed E-state index contributed by atoms with van der Waals surface area (Å²) in [5.74, 6) is -0.116. The average molecular weight is 216 g/mol. The number of H-pyrrole nitrogens is 1. The van der Waals surface area contributed by atoms with E-state index in [1.54, 1.807) is 7.05 Å². The molecule has 2 N–H and O–H groups in total. The zero-order valence-corrected chi connectivity index (χ0v) is 8.91. The van der Waals surface area contributed by atoms with E-state index in [-0.39, 0.29) is 12.3 Å². The number of likely N-dealkylation sites (N-methyl/N-ethyl adjacent to an activating group) is 1. The average Bonchev–Trinajstić information content (AvgIpc) is 2.65. The molecule has 0 bridgehead atoms. The Hall–Kier alpha value is -2.10. The molecule has 4 heteroatoms. The fraction of sp³-hybridized carbons (Fsp3) is 0.167. The molecule has 0 aliphatic heterocycles. The minimum absolute atomic E-state index is 0.116. The molecular weight excluding hydrogens is 204 g/mol. The third-order valence-corrected chi connectivity index (χ3v) is 2.56. The Morgan fingerprint density at radius 2 is 2.19 bits per heavy atom. The highest BCUT2D eigenvalue weighted by molar-refractivity contribution is 6.00. The number of aldehydes is 1. The van der Waals surface area contributed by atoms with Crippen LogP contribution in [0.3, 0.4) is 0 Å². The molecule has 0 saturated heterocycles. The van der Waals surface area contributed by atoms with Gasteiger partial charge in [-0.05, 0) is 6.07 Å². The van der Waals surface area contributed by atoms with Gasteiger partial charge in [-0.3, -0.25) is 9.59 Å². The molecule has 82 valence electrons. The van der Waals surface area contributed by atoms with Gasteiger partial charge in [-0.15, -0.1) is 0 Å². The van der Waals surface area contributed by atoms with Crippen LogP contribution >= 0.6 is 0 Å². The number of amides is 1. The maximum atomic E-state index is 11.3. The first-order chi connectivity index (χ1) is 7.76. The number of aromatic nitrogens is 1. The van der Waals surface area contributed by atoms with Crippen molar-refractivity contribution in [1.82, 2.24) is 10.3 Å². The van der Waals surface area contributed by atoms with Gasteiger partial charge in [0.25, 0.3) is 0 Å². The molecule has 0 fully saturated rings. The molecule has 0 aliphatic rings. The van der Waals surface area contributed by atoms with Crippen LogP contribution in [0.4, 0.5) is 0 Å². The van der Waals surface area contributed by atoms with Crippen molar-refractivity contribution in [3.63, 3.8) is 0 Å². The minimum atomic E-state index is -0.116. The number of hydrogen-bond acceptors (Lipinski definition) is 2. The van der Waals surface area contributed by atoms with Crippen LogP contribution in [-0.4, -0.2) is 24.2 Å². The Morgan fingerprint density at radius 3 is 2.88 bits per heavy atom. The molecule has 0 aliphatic carbocycles. The second kappa shape index (κ2) is 4.18. The minimum Gasteiger partial charge on any atom is -0.359 e. The summed E-state index contributed by atoms with van der Waals surface area (Å²) in [6, 6.07) is 7.50. The zero-order valence-electron chi connectivity index (χ0n) is 8.91. The van der Waals surface area contributed by atoms with Crippen LogP contribution in [-0.2, 0) is 11.2 Å². The largest absolute Gasteiger partial charge is 0.359 e. The summed E-state index contributed by atoms with van der Waals surface area (Å²) in [5.41, 5.74) is 2.11. The van der Waals surface area contributed by atoms with Gasteiger partial charge < -0.3 is 10.3 Å². The molecule has 0 spiro atoms. The summed E-state index contributed by atoms with van der Waals surface area (Å²) >= 11 is 0. The summed E-state index contributed by atoms with van der Waals surface area (Å²) in [6.07, 6.45) is 0.982. The van der Waals surface area contributed by atoms with Gasteiger partial charge in [-0.25, -0.2) is 0 Å². The number of carbonyl (C=O) groups is 2. The third-order valence-electron chi connectivity index (χ3n) is 2.56. The van der Waals surface area contributed by atoms with E-state index in [4.69, 9.17) is 0 Å². The monoisotopic (exact) mass is 216 g/mol. The topological polar surface area (TPSA) is 62.0 Å². The fourth-order valence-corrected chi connectivity index (χ4v) is 1.74. The molecule has 0 unspecified atom stereocenters. The highest BCUT2D eigenvalue weighted by atomic mass is 16.1. The lowest BCUT2D eigenvalue weighted by atomic mass is 10.1. The molecular formula is C12H12N2O2. The normalized spacial score (nSPS) is 10.3. The van der Waals surface area contributed by atoms with Crippen molar-refractivity contribution >= 4 is 23.1 Å². The number of para-hydroxylation sites is 1. The van der Waals surface area contributed by atoms with Gasteiger partial charge in [0.05, 0.1) is 6.42 Å². The highest BCUT2D eigenvalue weighted by Crippen LogP contribution is 2.20. The number of hydrogen-bond donors (Lipinski definition) is 2. The van der Waals surface area contributed by atoms with Crippen LogP contribution in [0.25, 0.3) is 10.9 Å². The first-order valence-electron chi connectivity index (χ1n) is 5.01. The summed E-state index contributed by atoms with van der Waals surface area (Å²) in [7, 11) is 1.57. The maximum absolute atomic E-state index is 11.3. The first kappa shape index (κ1) is 10.4. The van der Waals surface area contributed by atoms with E-state index in [1.807, 2.05) is 24.3 Å². The SMILES string of the molecule is CNC(=O)Cc1[nH]c2ccccc2c1C=O. The van der Waals surface area contributed by atoms with Crippen LogP contribution < -0.4 is 5.32 Å². The van der Waals surface area contributed by atoms with E-state index >= 15 is 0 Å². The Kier molecular flexibility index (Phi) is 2.72. The predicted molar refractivity (Wildman–Crippen MR) is 61.5 cm³/mol. The van der Waals surface area contributed by atoms with E-state index in [0.717, 1.165) is 17.2 Å². The summed E-state index contributed by atoms with van der Waals surface area (Å²) in [4.78, 5) is 25.4. The van der Waals surface area contributed by atoms with Gasteiger partial charge in [0.2, 0.25) is 5.91 Å². The van der Waals surface area contributed by atoms with Crippen molar-refractivity contribution in [1.29, 1.82) is 0 Å². The third kappa shape index (κ3) is 1.69. The first-order valence-corrected chi connectivity index (χ1v) is 5.01. The van der Waals surface area contributed by atoms with E-state index in [0.29, 0.717) is 11.3 Å². The second-order valence-corrected chi connectivity index (χ2v) is 3.53. The maximum Gasteiger partial charge on any atom is 0.225 e. The molecule has 0 atom stereocenters. The highest BCUT2D eigenvalue weighted by Gasteiger charge is 2.12. The molecule has 2 rings (SSSR count). The van der Waals surface area contributed by atoms with Crippen LogP contribution in [0.2, 0.25) is 0 Å². The number of fused-ring (bicyclic) bond motifs is 1. The van der Waals surface area contributed by atoms with Crippen molar-refractivity contribution in [2.45, 2.75) is 6.42 Å². The summed E-state index contributed by atoms with van der Waals surface area (Å²) in [6.45, 7) is 0. The Balaban J connectivity index is 2.52. The Bertz CT molecular complexity index is 543. The number of aromatic amines is 1. The van der Waals surface area contributed by atoms with Crippen molar-refractivity contribution in [2.75, 3.05) is 7.05 Å². The van der Waals surface area contributed by atoms with Gasteiger partial charge >= 0.3 is 0 Å². The van der Waals surface area contributed by atoms with Crippen molar-refractivity contribution < 1.29 is 9.59 Å². The quantitative estimate of drug-likeness (QED) is 0.759. The van der Waals surface area contributed by atoms with E-state index in [2.05, 4.69) is 10.3 Å². The molecule has 4 nitrogen and oxygen atoms in total. The molecule has 1 aromatic carbocycles. The molecule has 1 heterocycles. The van der Waals surface area contributed by atoms with Crippen LogP contribution in [0.15, 0.2) is 24.3 Å². The second-order valence-electron chi connectivity index (χ2n) is 3.53. The smallest absolute Gasteiger partial charge is 0.225 e. The van der Waals surface area contributed by atoms with E-state index in [9.17, 15) is 9.59 Å². The van der Waals surface area contributed by atoms with Crippen molar-refractivity contribution in [3.8, 4) is 0 Å². The number of nitrogens with one attached hydrogen (secondary N) is 2. The Labute approximate surface area is 92.7 Å². The van der Waals surface area contributed by atoms with Crippen molar-refractivity contribution in [3.05, 3.63) is 35.5 Å². The van der Waals surface area contributed by atoms with Gasteiger partial charge in [-0.2, -0.15) is 0 Å². The summed E-state index contributed by atoms with van der Waals surface area (Å²) in [5, 5.41) is 3.39. The van der Waals surface area contributed by atoms with Gasteiger partial charge in [-0.1, -0.05) is 18.2 Å². The number of carbonyl (C=O) groups excluding carboxylic acids is 2. The lowest BCUT2D eigenvalue weighted by Gasteiger charge is -1.97. The van der Waals surface area contributed by atoms with Gasteiger partial charge in [0.1, 0.15) is 0 Å². The Morgan fingerprint density at radius 1 is 1.44 bits per heavy atom. The molecule has 1 aromatic heterocycles. The molecule has 1 amide bonds. The summed E-state index contributed by atoms with van der Waals surface area (Å²) < 4.78 is 0.